The van der Waals surface area contributed by atoms with Crippen molar-refractivity contribution < 1.29 is 14.3 Å². The predicted molar refractivity (Wildman–Crippen MR) is 57.6 cm³/mol. The van der Waals surface area contributed by atoms with Crippen molar-refractivity contribution in [3.05, 3.63) is 23.8 Å². The van der Waals surface area contributed by atoms with Crippen LogP contribution in [0.2, 0.25) is 0 Å². The van der Waals surface area contributed by atoms with Crippen LogP contribution in [0.3, 0.4) is 0 Å². The van der Waals surface area contributed by atoms with Gasteiger partial charge in [0.25, 0.3) is 5.91 Å². The van der Waals surface area contributed by atoms with E-state index in [1.54, 1.807) is 32.4 Å². The second kappa shape index (κ2) is 5.24. The Morgan fingerprint density at radius 2 is 2.13 bits per heavy atom. The number of rotatable bonds is 4. The monoisotopic (exact) mass is 209 g/mol. The maximum atomic E-state index is 11.4. The van der Waals surface area contributed by atoms with Gasteiger partial charge in [-0.2, -0.15) is 0 Å². The van der Waals surface area contributed by atoms with Crippen molar-refractivity contribution in [2.45, 2.75) is 6.92 Å². The molecule has 0 aliphatic heterocycles. The number of nitrogens with one attached hydrogen (secondary N) is 1. The van der Waals surface area contributed by atoms with Gasteiger partial charge in [-0.05, 0) is 25.1 Å². The standard InChI is InChI=1S/C11H15NO3/c1-4-15-10-7-8(11(13)12-2)5-6-9(10)14-3/h5-7H,4H2,1-3H3,(H,12,13). The normalized spacial score (nSPS) is 9.53. The largest absolute Gasteiger partial charge is 0.493 e. The van der Waals surface area contributed by atoms with E-state index in [0.29, 0.717) is 23.7 Å². The van der Waals surface area contributed by atoms with Gasteiger partial charge in [-0.25, -0.2) is 0 Å². The van der Waals surface area contributed by atoms with E-state index in [1.165, 1.54) is 0 Å². The van der Waals surface area contributed by atoms with E-state index in [4.69, 9.17) is 9.47 Å². The number of carbonyl (C=O) groups is 1. The summed E-state index contributed by atoms with van der Waals surface area (Å²) in [6.45, 7) is 2.42. The molecule has 0 aliphatic carbocycles. The highest BCUT2D eigenvalue weighted by atomic mass is 16.5. The third-order valence-corrected chi connectivity index (χ3v) is 1.95. The lowest BCUT2D eigenvalue weighted by atomic mass is 10.2. The quantitative estimate of drug-likeness (QED) is 0.816. The summed E-state index contributed by atoms with van der Waals surface area (Å²) in [6.07, 6.45) is 0. The molecule has 0 unspecified atom stereocenters. The number of hydrogen-bond donors (Lipinski definition) is 1. The summed E-state index contributed by atoms with van der Waals surface area (Å²) >= 11 is 0. The summed E-state index contributed by atoms with van der Waals surface area (Å²) in [6, 6.07) is 5.08. The zero-order valence-corrected chi connectivity index (χ0v) is 9.16. The van der Waals surface area contributed by atoms with Gasteiger partial charge in [0.1, 0.15) is 0 Å². The fourth-order valence-corrected chi connectivity index (χ4v) is 1.23. The van der Waals surface area contributed by atoms with Crippen LogP contribution in [-0.4, -0.2) is 26.7 Å². The van der Waals surface area contributed by atoms with E-state index in [0.717, 1.165) is 0 Å². The fraction of sp³-hybridized carbons (Fsp3) is 0.364. The molecule has 0 saturated carbocycles. The number of amides is 1. The highest BCUT2D eigenvalue weighted by Gasteiger charge is 2.09. The fourth-order valence-electron chi connectivity index (χ4n) is 1.23. The third-order valence-electron chi connectivity index (χ3n) is 1.95. The van der Waals surface area contributed by atoms with Crippen LogP contribution in [0.15, 0.2) is 18.2 Å². The molecule has 4 heteroatoms. The van der Waals surface area contributed by atoms with Crippen molar-refractivity contribution in [3.8, 4) is 11.5 Å². The van der Waals surface area contributed by atoms with E-state index in [9.17, 15) is 4.79 Å². The van der Waals surface area contributed by atoms with Crippen LogP contribution in [0, 0.1) is 0 Å². The molecule has 0 radical (unpaired) electrons. The average Bonchev–Trinajstić information content (AvgIpc) is 2.28. The van der Waals surface area contributed by atoms with E-state index >= 15 is 0 Å². The van der Waals surface area contributed by atoms with Gasteiger partial charge in [0.05, 0.1) is 13.7 Å². The van der Waals surface area contributed by atoms with Gasteiger partial charge in [0, 0.05) is 12.6 Å². The summed E-state index contributed by atoms with van der Waals surface area (Å²) < 4.78 is 10.5. The molecule has 82 valence electrons. The van der Waals surface area contributed by atoms with E-state index in [2.05, 4.69) is 5.32 Å². The summed E-state index contributed by atoms with van der Waals surface area (Å²) in [5.74, 6) is 1.07. The van der Waals surface area contributed by atoms with Crippen LogP contribution < -0.4 is 14.8 Å². The molecule has 1 aromatic carbocycles. The topological polar surface area (TPSA) is 47.6 Å². The van der Waals surface area contributed by atoms with Crippen LogP contribution in [0.1, 0.15) is 17.3 Å². The maximum Gasteiger partial charge on any atom is 0.251 e. The Labute approximate surface area is 89.2 Å². The Morgan fingerprint density at radius 3 is 2.67 bits per heavy atom. The van der Waals surface area contributed by atoms with Gasteiger partial charge in [0.2, 0.25) is 0 Å². The molecule has 0 atom stereocenters. The smallest absolute Gasteiger partial charge is 0.251 e. The Morgan fingerprint density at radius 1 is 1.40 bits per heavy atom. The van der Waals surface area contributed by atoms with Crippen LogP contribution in [0.25, 0.3) is 0 Å². The zero-order valence-electron chi connectivity index (χ0n) is 9.16. The van der Waals surface area contributed by atoms with Gasteiger partial charge in [0.15, 0.2) is 11.5 Å². The zero-order chi connectivity index (χ0) is 11.3. The highest BCUT2D eigenvalue weighted by molar-refractivity contribution is 5.94. The molecule has 1 N–H and O–H groups in total. The molecule has 1 rings (SSSR count). The van der Waals surface area contributed by atoms with E-state index in [-0.39, 0.29) is 5.91 Å². The van der Waals surface area contributed by atoms with Crippen molar-refractivity contribution in [3.63, 3.8) is 0 Å². The first-order valence-corrected chi connectivity index (χ1v) is 4.75. The van der Waals surface area contributed by atoms with Crippen LogP contribution >= 0.6 is 0 Å². The molecule has 0 aromatic heterocycles. The number of benzene rings is 1. The predicted octanol–water partition coefficient (Wildman–Crippen LogP) is 1.45. The Bertz CT molecular complexity index is 350. The molecule has 0 spiro atoms. The Balaban J connectivity index is 3.04. The summed E-state index contributed by atoms with van der Waals surface area (Å²) in [7, 11) is 3.16. The van der Waals surface area contributed by atoms with Gasteiger partial charge in [-0.1, -0.05) is 0 Å². The molecule has 1 aromatic rings. The minimum absolute atomic E-state index is 0.140. The summed E-state index contributed by atoms with van der Waals surface area (Å²) in [4.78, 5) is 11.4. The summed E-state index contributed by atoms with van der Waals surface area (Å²) in [5.41, 5.74) is 0.557. The maximum absolute atomic E-state index is 11.4. The van der Waals surface area contributed by atoms with Crippen molar-refractivity contribution >= 4 is 5.91 Å². The highest BCUT2D eigenvalue weighted by Crippen LogP contribution is 2.27. The molecule has 0 aliphatic rings. The van der Waals surface area contributed by atoms with E-state index in [1.807, 2.05) is 6.92 Å². The van der Waals surface area contributed by atoms with Crippen molar-refractivity contribution in [2.75, 3.05) is 20.8 Å². The molecule has 0 bridgehead atoms. The summed E-state index contributed by atoms with van der Waals surface area (Å²) in [5, 5.41) is 2.55. The van der Waals surface area contributed by atoms with Crippen LogP contribution in [-0.2, 0) is 0 Å². The minimum atomic E-state index is -0.140. The van der Waals surface area contributed by atoms with Gasteiger partial charge < -0.3 is 14.8 Å². The van der Waals surface area contributed by atoms with Crippen LogP contribution in [0.5, 0.6) is 11.5 Å². The molecule has 0 heterocycles. The molecular formula is C11H15NO3. The average molecular weight is 209 g/mol. The number of ether oxygens (including phenoxy) is 2. The lowest BCUT2D eigenvalue weighted by molar-refractivity contribution is 0.0962. The lowest BCUT2D eigenvalue weighted by Crippen LogP contribution is -2.17. The van der Waals surface area contributed by atoms with Crippen molar-refractivity contribution in [2.24, 2.45) is 0 Å². The second-order valence-corrected chi connectivity index (χ2v) is 2.88. The van der Waals surface area contributed by atoms with Gasteiger partial charge in [-0.15, -0.1) is 0 Å². The molecule has 4 nitrogen and oxygen atoms in total. The van der Waals surface area contributed by atoms with Gasteiger partial charge in [-0.3, -0.25) is 4.79 Å². The van der Waals surface area contributed by atoms with E-state index < -0.39 is 0 Å². The number of hydrogen-bond acceptors (Lipinski definition) is 3. The third kappa shape index (κ3) is 2.62. The SMILES string of the molecule is CCOc1cc(C(=O)NC)ccc1OC. The molecular weight excluding hydrogens is 194 g/mol. The van der Waals surface area contributed by atoms with Crippen molar-refractivity contribution in [1.29, 1.82) is 0 Å². The molecule has 0 saturated heterocycles. The number of carbonyl (C=O) groups excluding carboxylic acids is 1. The van der Waals surface area contributed by atoms with Crippen LogP contribution in [0.4, 0.5) is 0 Å². The number of methoxy groups -OCH3 is 1. The minimum Gasteiger partial charge on any atom is -0.493 e. The first kappa shape index (κ1) is 11.4. The Hall–Kier alpha value is -1.71. The molecule has 15 heavy (non-hydrogen) atoms. The molecule has 0 fully saturated rings. The second-order valence-electron chi connectivity index (χ2n) is 2.88. The molecule has 1 amide bonds. The lowest BCUT2D eigenvalue weighted by Gasteiger charge is -2.10. The Kier molecular flexibility index (Phi) is 3.97. The first-order chi connectivity index (χ1) is 7.22. The first-order valence-electron chi connectivity index (χ1n) is 4.75. The van der Waals surface area contributed by atoms with Gasteiger partial charge >= 0.3 is 0 Å². The van der Waals surface area contributed by atoms with Crippen molar-refractivity contribution in [1.82, 2.24) is 5.32 Å².